The molecule has 0 saturated carbocycles. The van der Waals surface area contributed by atoms with Crippen LogP contribution in [-0.2, 0) is 29.1 Å². The lowest BCUT2D eigenvalue weighted by atomic mass is 9.99. The predicted octanol–water partition coefficient (Wildman–Crippen LogP) is 5.58. The fourth-order valence-electron chi connectivity index (χ4n) is 6.80. The summed E-state index contributed by atoms with van der Waals surface area (Å²) < 4.78 is 5.71. The summed E-state index contributed by atoms with van der Waals surface area (Å²) in [5.41, 5.74) is 12.4. The van der Waals surface area contributed by atoms with Crippen LogP contribution in [0.15, 0.2) is 77.9 Å². The van der Waals surface area contributed by atoms with Crippen LogP contribution < -0.4 is 9.80 Å². The second kappa shape index (κ2) is 15.6. The molecule has 260 valence electrons. The maximum absolute atomic E-state index is 13.6. The summed E-state index contributed by atoms with van der Waals surface area (Å²) in [5.74, 6) is 0.411. The number of anilines is 2. The quantitative estimate of drug-likeness (QED) is 0.0976. The topological polar surface area (TPSA) is 151 Å². The van der Waals surface area contributed by atoms with Crippen LogP contribution in [0.1, 0.15) is 30.2 Å². The van der Waals surface area contributed by atoms with Crippen LogP contribution in [0.5, 0.6) is 0 Å². The Hall–Kier alpha value is -5.10. The molecule has 6 rings (SSSR count). The summed E-state index contributed by atoms with van der Waals surface area (Å²) in [6, 6.07) is 23.3. The van der Waals surface area contributed by atoms with Gasteiger partial charge in [0.15, 0.2) is 0 Å². The summed E-state index contributed by atoms with van der Waals surface area (Å²) in [6.07, 6.45) is -0.794. The fourth-order valence-corrected chi connectivity index (χ4v) is 6.98. The van der Waals surface area contributed by atoms with Crippen molar-refractivity contribution in [2.75, 3.05) is 49.6 Å². The molecule has 2 amide bonds. The van der Waals surface area contributed by atoms with Crippen molar-refractivity contribution in [1.82, 2.24) is 19.8 Å². The minimum absolute atomic E-state index is 0.0114. The van der Waals surface area contributed by atoms with E-state index in [-0.39, 0.29) is 49.9 Å². The lowest BCUT2D eigenvalue weighted by Crippen LogP contribution is -2.60. The maximum Gasteiger partial charge on any atom is 0.410 e. The maximum atomic E-state index is 13.6. The molecule has 0 bridgehead atoms. The normalized spacial score (nSPS) is 17.9. The van der Waals surface area contributed by atoms with Crippen molar-refractivity contribution < 1.29 is 19.4 Å². The zero-order chi connectivity index (χ0) is 35.2. The highest BCUT2D eigenvalue weighted by Crippen LogP contribution is 2.36. The molecule has 1 fully saturated rings. The minimum atomic E-state index is -1.01. The highest BCUT2D eigenvalue weighted by Gasteiger charge is 2.39. The molecule has 1 N–H and O–H groups in total. The molecule has 2 aliphatic rings. The van der Waals surface area contributed by atoms with E-state index in [4.69, 9.17) is 26.9 Å². The lowest BCUT2D eigenvalue weighted by Gasteiger charge is -2.46. The largest absolute Gasteiger partial charge is 0.445 e. The predicted molar refractivity (Wildman–Crippen MR) is 192 cm³/mol. The van der Waals surface area contributed by atoms with Gasteiger partial charge >= 0.3 is 6.09 Å². The van der Waals surface area contributed by atoms with E-state index in [1.54, 1.807) is 11.9 Å². The van der Waals surface area contributed by atoms with E-state index >= 15 is 0 Å². The van der Waals surface area contributed by atoms with Gasteiger partial charge in [-0.05, 0) is 47.5 Å². The van der Waals surface area contributed by atoms with Gasteiger partial charge in [-0.15, -0.1) is 0 Å². The third-order valence-corrected chi connectivity index (χ3v) is 9.52. The Morgan fingerprint density at radius 2 is 1.86 bits per heavy atom. The second-order valence-corrected chi connectivity index (χ2v) is 13.1. The van der Waals surface area contributed by atoms with Gasteiger partial charge in [-0.3, -0.25) is 4.79 Å². The van der Waals surface area contributed by atoms with Gasteiger partial charge in [0.25, 0.3) is 0 Å². The number of halogens is 1. The molecule has 1 saturated heterocycles. The van der Waals surface area contributed by atoms with Crippen molar-refractivity contribution in [3.05, 3.63) is 105 Å². The number of carbonyl (C=O) groups is 2. The zero-order valence-electron chi connectivity index (χ0n) is 28.1. The standard InChI is InChI=1S/C36H40ClN9O4/c1-24-19-46(34-30-15-16-44(22-31(30)40-35(37)41-34)32-14-8-12-26-11-6-7-13-29(26)32)27(17-33(48)43(2)21-28(47)18-39-42-38)20-45(24)36(49)50-23-25-9-4-3-5-10-25/h3-14,24,27-28,47H,15-23H2,1-2H3. The Morgan fingerprint density at radius 3 is 2.66 bits per heavy atom. The number of amides is 2. The second-order valence-electron chi connectivity index (χ2n) is 12.8. The Kier molecular flexibility index (Phi) is 10.9. The number of nitrogens with zero attached hydrogens (tertiary/aromatic N) is 9. The van der Waals surface area contributed by atoms with E-state index < -0.39 is 18.2 Å². The summed E-state index contributed by atoms with van der Waals surface area (Å²) >= 11 is 6.62. The Morgan fingerprint density at radius 1 is 1.10 bits per heavy atom. The van der Waals surface area contributed by atoms with Gasteiger partial charge in [-0.1, -0.05) is 71.8 Å². The van der Waals surface area contributed by atoms with Crippen molar-refractivity contribution in [2.45, 2.75) is 51.1 Å². The molecule has 0 radical (unpaired) electrons. The van der Waals surface area contributed by atoms with E-state index in [1.165, 1.54) is 4.90 Å². The van der Waals surface area contributed by atoms with Crippen LogP contribution in [0.3, 0.4) is 0 Å². The number of piperazine rings is 1. The van der Waals surface area contributed by atoms with Crippen LogP contribution in [0.25, 0.3) is 21.2 Å². The van der Waals surface area contributed by atoms with Crippen molar-refractivity contribution >= 4 is 45.9 Å². The third kappa shape index (κ3) is 7.86. The van der Waals surface area contributed by atoms with Crippen molar-refractivity contribution in [2.24, 2.45) is 5.11 Å². The van der Waals surface area contributed by atoms with Gasteiger partial charge in [0.05, 0.1) is 30.9 Å². The first kappa shape index (κ1) is 34.8. The van der Waals surface area contributed by atoms with Gasteiger partial charge in [-0.2, -0.15) is 0 Å². The van der Waals surface area contributed by atoms with Crippen LogP contribution >= 0.6 is 11.6 Å². The van der Waals surface area contributed by atoms with Crippen molar-refractivity contribution in [1.29, 1.82) is 0 Å². The average Bonchev–Trinajstić information content (AvgIpc) is 3.13. The molecule has 2 aliphatic heterocycles. The summed E-state index contributed by atoms with van der Waals surface area (Å²) in [4.78, 5) is 46.6. The highest BCUT2D eigenvalue weighted by atomic mass is 35.5. The molecule has 1 aromatic heterocycles. The first-order valence-electron chi connectivity index (χ1n) is 16.7. The molecule has 14 heteroatoms. The molecule has 0 aliphatic carbocycles. The number of aliphatic hydroxyl groups is 1. The van der Waals surface area contributed by atoms with Crippen LogP contribution in [-0.4, -0.2) is 94.8 Å². The van der Waals surface area contributed by atoms with E-state index in [0.29, 0.717) is 25.3 Å². The summed E-state index contributed by atoms with van der Waals surface area (Å²) in [5, 5.41) is 16.1. The molecule has 13 nitrogen and oxygen atoms in total. The molecule has 4 aromatic rings. The Labute approximate surface area is 295 Å². The number of azide groups is 1. The molecule has 3 unspecified atom stereocenters. The molecular weight excluding hydrogens is 658 g/mol. The van der Waals surface area contributed by atoms with Crippen LogP contribution in [0.4, 0.5) is 16.3 Å². The molecule has 0 spiro atoms. The highest BCUT2D eigenvalue weighted by molar-refractivity contribution is 6.28. The first-order chi connectivity index (χ1) is 24.2. The smallest absolute Gasteiger partial charge is 0.410 e. The van der Waals surface area contributed by atoms with E-state index in [2.05, 4.69) is 55.1 Å². The average molecular weight is 698 g/mol. The van der Waals surface area contributed by atoms with Gasteiger partial charge in [-0.25, -0.2) is 14.8 Å². The SMILES string of the molecule is CC1CN(c2nc(Cl)nc3c2CCN(c2cccc4ccccc24)C3)C(CC(=O)N(C)CC(O)CN=[N+]=[N-])CN1C(=O)OCc1ccccc1. The number of hydrogen-bond acceptors (Lipinski definition) is 9. The molecular formula is C36H40ClN9O4. The summed E-state index contributed by atoms with van der Waals surface area (Å²) in [7, 11) is 1.59. The summed E-state index contributed by atoms with van der Waals surface area (Å²) in [6.45, 7) is 3.77. The zero-order valence-corrected chi connectivity index (χ0v) is 28.9. The van der Waals surface area contributed by atoms with Crippen LogP contribution in [0, 0.1) is 0 Å². The van der Waals surface area contributed by atoms with Crippen molar-refractivity contribution in [3.8, 4) is 0 Å². The minimum Gasteiger partial charge on any atom is -0.445 e. The first-order valence-corrected chi connectivity index (χ1v) is 17.0. The monoisotopic (exact) mass is 697 g/mol. The van der Waals surface area contributed by atoms with Gasteiger partial charge in [0.1, 0.15) is 12.4 Å². The number of carbonyl (C=O) groups excluding carboxylic acids is 2. The van der Waals surface area contributed by atoms with Crippen molar-refractivity contribution in [3.63, 3.8) is 0 Å². The van der Waals surface area contributed by atoms with Gasteiger partial charge < -0.3 is 29.4 Å². The number of aliphatic hydroxyl groups excluding tert-OH is 1. The third-order valence-electron chi connectivity index (χ3n) is 9.35. The van der Waals surface area contributed by atoms with Crippen LogP contribution in [0.2, 0.25) is 5.28 Å². The number of hydrogen-bond donors (Lipinski definition) is 1. The van der Waals surface area contributed by atoms with E-state index in [0.717, 1.165) is 39.8 Å². The van der Waals surface area contributed by atoms with Gasteiger partial charge in [0, 0.05) is 67.2 Å². The lowest BCUT2D eigenvalue weighted by molar-refractivity contribution is -0.131. The number of aromatic nitrogens is 2. The number of benzene rings is 3. The number of likely N-dealkylation sites (N-methyl/N-ethyl adjacent to an activating group) is 1. The van der Waals surface area contributed by atoms with Gasteiger partial charge in [0.2, 0.25) is 11.2 Å². The number of ether oxygens (including phenoxy) is 1. The molecule has 3 aromatic carbocycles. The van der Waals surface area contributed by atoms with E-state index in [1.807, 2.05) is 49.4 Å². The number of fused-ring (bicyclic) bond motifs is 2. The fraction of sp³-hybridized carbons (Fsp3) is 0.389. The molecule has 3 heterocycles. The molecule has 3 atom stereocenters. The Balaban J connectivity index is 1.27. The number of rotatable bonds is 10. The van der Waals surface area contributed by atoms with E-state index in [9.17, 15) is 14.7 Å². The Bertz CT molecular complexity index is 1890. The molecule has 50 heavy (non-hydrogen) atoms.